The fourth-order valence-electron chi connectivity index (χ4n) is 2.20. The van der Waals surface area contributed by atoms with Gasteiger partial charge in [-0.15, -0.1) is 5.10 Å². The third kappa shape index (κ3) is 2.79. The Morgan fingerprint density at radius 1 is 1.39 bits per heavy atom. The summed E-state index contributed by atoms with van der Waals surface area (Å²) in [6, 6.07) is 5.23. The predicted molar refractivity (Wildman–Crippen MR) is 69.5 cm³/mol. The van der Waals surface area contributed by atoms with Gasteiger partial charge < -0.3 is 15.0 Å². The molecule has 5 nitrogen and oxygen atoms in total. The summed E-state index contributed by atoms with van der Waals surface area (Å²) >= 11 is 0. The van der Waals surface area contributed by atoms with Crippen molar-refractivity contribution in [3.63, 3.8) is 0 Å². The van der Waals surface area contributed by atoms with Gasteiger partial charge in [0, 0.05) is 19.1 Å². The maximum Gasteiger partial charge on any atom is 0.151 e. The smallest absolute Gasteiger partial charge is 0.151 e. The monoisotopic (exact) mass is 248 g/mol. The van der Waals surface area contributed by atoms with E-state index in [-0.39, 0.29) is 0 Å². The summed E-state index contributed by atoms with van der Waals surface area (Å²) in [5.74, 6) is 0.959. The van der Waals surface area contributed by atoms with E-state index in [1.54, 1.807) is 0 Å². The van der Waals surface area contributed by atoms with E-state index >= 15 is 0 Å². The largest absolute Gasteiger partial charge is 0.377 e. The van der Waals surface area contributed by atoms with Crippen LogP contribution in [0.15, 0.2) is 12.1 Å². The van der Waals surface area contributed by atoms with Crippen molar-refractivity contribution in [1.82, 2.24) is 15.5 Å². The molecular weight excluding hydrogens is 228 g/mol. The average molecular weight is 248 g/mol. The Bertz CT molecular complexity index is 390. The Kier molecular flexibility index (Phi) is 3.43. The van der Waals surface area contributed by atoms with Gasteiger partial charge in [0.05, 0.1) is 24.9 Å². The maximum atomic E-state index is 5.43. The number of nitrogens with zero attached hydrogens (tertiary/aromatic N) is 3. The molecule has 1 aromatic rings. The van der Waals surface area contributed by atoms with Gasteiger partial charge in [-0.1, -0.05) is 0 Å². The van der Waals surface area contributed by atoms with E-state index in [0.29, 0.717) is 12.1 Å². The SMILES string of the molecule is CC1COCCN1c1ccc(CNC2CC2)nn1. The van der Waals surface area contributed by atoms with Gasteiger partial charge in [-0.25, -0.2) is 0 Å². The quantitative estimate of drug-likeness (QED) is 0.860. The zero-order valence-electron chi connectivity index (χ0n) is 10.8. The molecule has 3 rings (SSSR count). The van der Waals surface area contributed by atoms with Crippen LogP contribution in [0.4, 0.5) is 5.82 Å². The highest BCUT2D eigenvalue weighted by atomic mass is 16.5. The molecule has 1 aromatic heterocycles. The van der Waals surface area contributed by atoms with Gasteiger partial charge in [0.1, 0.15) is 0 Å². The lowest BCUT2D eigenvalue weighted by molar-refractivity contribution is 0.0984. The zero-order chi connectivity index (χ0) is 12.4. The van der Waals surface area contributed by atoms with Gasteiger partial charge in [0.25, 0.3) is 0 Å². The molecule has 1 saturated heterocycles. The molecule has 0 spiro atoms. The highest BCUT2D eigenvalue weighted by molar-refractivity contribution is 5.39. The lowest BCUT2D eigenvalue weighted by Crippen LogP contribution is -2.44. The maximum absolute atomic E-state index is 5.43. The molecule has 0 bridgehead atoms. The van der Waals surface area contributed by atoms with Crippen molar-refractivity contribution in [2.45, 2.75) is 38.4 Å². The molecule has 1 unspecified atom stereocenters. The average Bonchev–Trinajstić information content (AvgIpc) is 3.22. The third-order valence-electron chi connectivity index (χ3n) is 3.52. The molecule has 2 heterocycles. The van der Waals surface area contributed by atoms with E-state index in [1.165, 1.54) is 12.8 Å². The first kappa shape index (κ1) is 11.9. The highest BCUT2D eigenvalue weighted by Crippen LogP contribution is 2.19. The number of morpholine rings is 1. The number of hydrogen-bond acceptors (Lipinski definition) is 5. The Balaban J connectivity index is 1.61. The van der Waals surface area contributed by atoms with E-state index in [9.17, 15) is 0 Å². The molecule has 98 valence electrons. The van der Waals surface area contributed by atoms with Crippen molar-refractivity contribution in [2.75, 3.05) is 24.7 Å². The molecule has 0 aromatic carbocycles. The van der Waals surface area contributed by atoms with Crippen LogP contribution in [-0.4, -0.2) is 42.0 Å². The normalized spacial score (nSPS) is 24.3. The molecule has 2 fully saturated rings. The van der Waals surface area contributed by atoms with Crippen LogP contribution in [0.5, 0.6) is 0 Å². The van der Waals surface area contributed by atoms with E-state index in [0.717, 1.165) is 37.8 Å². The van der Waals surface area contributed by atoms with Gasteiger partial charge in [0.2, 0.25) is 0 Å². The van der Waals surface area contributed by atoms with Crippen molar-refractivity contribution in [3.8, 4) is 0 Å². The Morgan fingerprint density at radius 2 is 2.28 bits per heavy atom. The highest BCUT2D eigenvalue weighted by Gasteiger charge is 2.21. The van der Waals surface area contributed by atoms with Crippen LogP contribution in [0.25, 0.3) is 0 Å². The van der Waals surface area contributed by atoms with Gasteiger partial charge >= 0.3 is 0 Å². The van der Waals surface area contributed by atoms with E-state index in [2.05, 4.69) is 39.5 Å². The Hall–Kier alpha value is -1.20. The van der Waals surface area contributed by atoms with Crippen LogP contribution in [0.2, 0.25) is 0 Å². The number of anilines is 1. The van der Waals surface area contributed by atoms with Crippen LogP contribution >= 0.6 is 0 Å². The number of hydrogen-bond donors (Lipinski definition) is 1. The van der Waals surface area contributed by atoms with Crippen LogP contribution in [-0.2, 0) is 11.3 Å². The van der Waals surface area contributed by atoms with Crippen molar-refractivity contribution >= 4 is 5.82 Å². The number of rotatable bonds is 4. The first-order chi connectivity index (χ1) is 8.83. The molecule has 0 radical (unpaired) electrons. The molecular formula is C13H20N4O. The summed E-state index contributed by atoms with van der Waals surface area (Å²) in [4.78, 5) is 2.26. The molecule has 18 heavy (non-hydrogen) atoms. The second-order valence-corrected chi connectivity index (χ2v) is 5.16. The van der Waals surface area contributed by atoms with E-state index in [1.807, 2.05) is 0 Å². The summed E-state index contributed by atoms with van der Waals surface area (Å²) in [6.45, 7) is 5.43. The molecule has 1 aliphatic carbocycles. The fourth-order valence-corrected chi connectivity index (χ4v) is 2.20. The first-order valence-corrected chi connectivity index (χ1v) is 6.73. The third-order valence-corrected chi connectivity index (χ3v) is 3.52. The van der Waals surface area contributed by atoms with Gasteiger partial charge in [-0.3, -0.25) is 0 Å². The molecule has 2 aliphatic rings. The second kappa shape index (κ2) is 5.20. The zero-order valence-corrected chi connectivity index (χ0v) is 10.8. The number of nitrogens with one attached hydrogen (secondary N) is 1. The van der Waals surface area contributed by atoms with Crippen molar-refractivity contribution in [1.29, 1.82) is 0 Å². The summed E-state index contributed by atoms with van der Waals surface area (Å²) < 4.78 is 5.43. The summed E-state index contributed by atoms with van der Waals surface area (Å²) in [5, 5.41) is 12.1. The minimum atomic E-state index is 0.378. The molecule has 0 amide bonds. The van der Waals surface area contributed by atoms with E-state index < -0.39 is 0 Å². The lowest BCUT2D eigenvalue weighted by atomic mass is 10.2. The second-order valence-electron chi connectivity index (χ2n) is 5.16. The van der Waals surface area contributed by atoms with Gasteiger partial charge in [-0.2, -0.15) is 5.10 Å². The molecule has 1 atom stereocenters. The van der Waals surface area contributed by atoms with E-state index in [4.69, 9.17) is 4.74 Å². The predicted octanol–water partition coefficient (Wildman–Crippen LogP) is 0.954. The van der Waals surface area contributed by atoms with Crippen molar-refractivity contribution < 1.29 is 4.74 Å². The minimum absolute atomic E-state index is 0.378. The standard InChI is InChI=1S/C13H20N4O/c1-10-9-18-7-6-17(10)13-5-4-12(15-16-13)8-14-11-2-3-11/h4-5,10-11,14H,2-3,6-9H2,1H3. The summed E-state index contributed by atoms with van der Waals surface area (Å²) in [7, 11) is 0. The van der Waals surface area contributed by atoms with Crippen LogP contribution in [0, 0.1) is 0 Å². The molecule has 5 heteroatoms. The van der Waals surface area contributed by atoms with Crippen molar-refractivity contribution in [2.24, 2.45) is 0 Å². The Labute approximate surface area is 108 Å². The van der Waals surface area contributed by atoms with Crippen LogP contribution < -0.4 is 10.2 Å². The topological polar surface area (TPSA) is 50.3 Å². The number of ether oxygens (including phenoxy) is 1. The lowest BCUT2D eigenvalue weighted by Gasteiger charge is -2.33. The molecule has 1 aliphatic heterocycles. The first-order valence-electron chi connectivity index (χ1n) is 6.73. The summed E-state index contributed by atoms with van der Waals surface area (Å²) in [5.41, 5.74) is 1.02. The minimum Gasteiger partial charge on any atom is -0.377 e. The Morgan fingerprint density at radius 3 is 2.94 bits per heavy atom. The molecule has 1 N–H and O–H groups in total. The van der Waals surface area contributed by atoms with Gasteiger partial charge in [0.15, 0.2) is 5.82 Å². The van der Waals surface area contributed by atoms with Gasteiger partial charge in [-0.05, 0) is 31.9 Å². The summed E-state index contributed by atoms with van der Waals surface area (Å²) in [6.07, 6.45) is 2.60. The van der Waals surface area contributed by atoms with Crippen LogP contribution in [0.1, 0.15) is 25.5 Å². The molecule has 1 saturated carbocycles. The number of aromatic nitrogens is 2. The van der Waals surface area contributed by atoms with Crippen molar-refractivity contribution in [3.05, 3.63) is 17.8 Å². The van der Waals surface area contributed by atoms with Crippen LogP contribution in [0.3, 0.4) is 0 Å². The fraction of sp³-hybridized carbons (Fsp3) is 0.692.